The van der Waals surface area contributed by atoms with Gasteiger partial charge in [0.25, 0.3) is 0 Å². The van der Waals surface area contributed by atoms with E-state index >= 15 is 0 Å². The van der Waals surface area contributed by atoms with Crippen LogP contribution < -0.4 is 10.2 Å². The highest BCUT2D eigenvalue weighted by atomic mass is 35.5. The first-order valence-electron chi connectivity index (χ1n) is 7.89. The van der Waals surface area contributed by atoms with Crippen molar-refractivity contribution in [3.05, 3.63) is 51.6 Å². The lowest BCUT2D eigenvalue weighted by molar-refractivity contribution is 0.210. The van der Waals surface area contributed by atoms with E-state index < -0.39 is 0 Å². The summed E-state index contributed by atoms with van der Waals surface area (Å²) in [5, 5.41) is 14.8. The van der Waals surface area contributed by atoms with Gasteiger partial charge in [0, 0.05) is 42.4 Å². The monoisotopic (exact) mass is 379 g/mol. The number of hydrogen-bond donors (Lipinski definition) is 2. The van der Waals surface area contributed by atoms with Crippen LogP contribution in [0.5, 0.6) is 5.75 Å². The van der Waals surface area contributed by atoms with E-state index in [1.165, 1.54) is 6.20 Å². The van der Waals surface area contributed by atoms with Crippen LogP contribution in [0, 0.1) is 0 Å². The van der Waals surface area contributed by atoms with Crippen LogP contribution in [-0.2, 0) is 11.3 Å². The highest BCUT2D eigenvalue weighted by Crippen LogP contribution is 2.38. The zero-order valence-electron chi connectivity index (χ0n) is 13.8. The maximum atomic E-state index is 10.4. The van der Waals surface area contributed by atoms with E-state index in [0.717, 1.165) is 22.6 Å². The topological polar surface area (TPSA) is 57.6 Å². The first-order chi connectivity index (χ1) is 12.1. The zero-order valence-corrected chi connectivity index (χ0v) is 15.3. The van der Waals surface area contributed by atoms with Crippen LogP contribution in [0.2, 0.25) is 10.0 Å². The Balaban J connectivity index is 1.90. The standard InChI is InChI=1S/C18H19Cl2N3O2/c1-25-6-4-21-18-15-3-2-5-23(17(15)16(24)10-22-18)11-12-7-13(19)9-14(20)8-12/h2-3,7-10,24H,4-6,11H2,1H3,(H,21,22). The Labute approximate surface area is 156 Å². The average Bonchev–Trinajstić information content (AvgIpc) is 2.56. The molecule has 0 bridgehead atoms. The molecule has 1 aliphatic heterocycles. The van der Waals surface area contributed by atoms with Gasteiger partial charge in [0.1, 0.15) is 5.82 Å². The largest absolute Gasteiger partial charge is 0.504 e. The zero-order chi connectivity index (χ0) is 17.8. The van der Waals surface area contributed by atoms with E-state index in [1.54, 1.807) is 13.2 Å². The molecule has 0 atom stereocenters. The smallest absolute Gasteiger partial charge is 0.158 e. The molecule has 3 rings (SSSR count). The van der Waals surface area contributed by atoms with Crippen LogP contribution in [-0.4, -0.2) is 36.9 Å². The number of ether oxygens (including phenoxy) is 1. The molecule has 7 heteroatoms. The molecule has 0 amide bonds. The van der Waals surface area contributed by atoms with Crippen LogP contribution in [0.25, 0.3) is 6.08 Å². The summed E-state index contributed by atoms with van der Waals surface area (Å²) in [5.74, 6) is 0.861. The van der Waals surface area contributed by atoms with Gasteiger partial charge in [0.05, 0.1) is 18.5 Å². The van der Waals surface area contributed by atoms with E-state index in [4.69, 9.17) is 27.9 Å². The summed E-state index contributed by atoms with van der Waals surface area (Å²) >= 11 is 12.2. The van der Waals surface area contributed by atoms with E-state index in [-0.39, 0.29) is 5.75 Å². The Bertz CT molecular complexity index is 776. The second-order valence-electron chi connectivity index (χ2n) is 5.73. The van der Waals surface area contributed by atoms with Crippen molar-refractivity contribution in [1.29, 1.82) is 0 Å². The quantitative estimate of drug-likeness (QED) is 0.737. The van der Waals surface area contributed by atoms with Crippen molar-refractivity contribution in [2.75, 3.05) is 37.0 Å². The van der Waals surface area contributed by atoms with Crippen LogP contribution in [0.15, 0.2) is 30.5 Å². The first-order valence-corrected chi connectivity index (χ1v) is 8.65. The molecule has 0 spiro atoms. The molecule has 0 fully saturated rings. The Morgan fingerprint density at radius 2 is 2.04 bits per heavy atom. The van der Waals surface area contributed by atoms with E-state index in [2.05, 4.69) is 15.2 Å². The number of benzene rings is 1. The fraction of sp³-hybridized carbons (Fsp3) is 0.278. The lowest BCUT2D eigenvalue weighted by Crippen LogP contribution is -2.26. The van der Waals surface area contributed by atoms with Gasteiger partial charge < -0.3 is 20.1 Å². The molecule has 132 valence electrons. The second kappa shape index (κ2) is 7.95. The number of aromatic nitrogens is 1. The van der Waals surface area contributed by atoms with Crippen molar-refractivity contribution in [3.63, 3.8) is 0 Å². The summed E-state index contributed by atoms with van der Waals surface area (Å²) in [6.07, 6.45) is 5.47. The molecule has 0 unspecified atom stereocenters. The number of nitrogens with one attached hydrogen (secondary N) is 1. The third kappa shape index (κ3) is 4.18. The minimum absolute atomic E-state index is 0.143. The Morgan fingerprint density at radius 1 is 1.28 bits per heavy atom. The van der Waals surface area contributed by atoms with Gasteiger partial charge in [-0.2, -0.15) is 0 Å². The molecule has 5 nitrogen and oxygen atoms in total. The molecule has 25 heavy (non-hydrogen) atoms. The summed E-state index contributed by atoms with van der Waals surface area (Å²) in [6, 6.07) is 5.46. The number of hydrogen-bond acceptors (Lipinski definition) is 5. The minimum Gasteiger partial charge on any atom is -0.504 e. The number of aromatic hydroxyl groups is 1. The third-order valence-electron chi connectivity index (χ3n) is 3.89. The fourth-order valence-electron chi connectivity index (χ4n) is 2.86. The Kier molecular flexibility index (Phi) is 5.68. The lowest BCUT2D eigenvalue weighted by Gasteiger charge is -2.30. The lowest BCUT2D eigenvalue weighted by atomic mass is 10.1. The van der Waals surface area contributed by atoms with E-state index in [9.17, 15) is 5.11 Å². The molecular formula is C18H19Cl2N3O2. The van der Waals surface area contributed by atoms with Crippen molar-refractivity contribution in [3.8, 4) is 5.75 Å². The van der Waals surface area contributed by atoms with Gasteiger partial charge in [-0.25, -0.2) is 4.98 Å². The van der Waals surface area contributed by atoms with Crippen molar-refractivity contribution in [1.82, 2.24) is 4.98 Å². The number of fused-ring (bicyclic) bond motifs is 1. The second-order valence-corrected chi connectivity index (χ2v) is 6.61. The summed E-state index contributed by atoms with van der Waals surface area (Å²) in [4.78, 5) is 6.36. The molecule has 2 aromatic rings. The fourth-order valence-corrected chi connectivity index (χ4v) is 3.44. The van der Waals surface area contributed by atoms with E-state index in [0.29, 0.717) is 36.3 Å². The molecule has 1 aromatic carbocycles. The maximum absolute atomic E-state index is 10.4. The number of methoxy groups -OCH3 is 1. The number of rotatable bonds is 6. The third-order valence-corrected chi connectivity index (χ3v) is 4.33. The molecule has 1 aromatic heterocycles. The maximum Gasteiger partial charge on any atom is 0.158 e. The molecular weight excluding hydrogens is 361 g/mol. The Hall–Kier alpha value is -1.95. The summed E-state index contributed by atoms with van der Waals surface area (Å²) in [7, 11) is 1.65. The number of halogens is 2. The number of nitrogens with zero attached hydrogens (tertiary/aromatic N) is 2. The SMILES string of the molecule is COCCNc1ncc(O)c2c1C=CCN2Cc1cc(Cl)cc(Cl)c1. The van der Waals surface area contributed by atoms with Crippen molar-refractivity contribution < 1.29 is 9.84 Å². The normalized spacial score (nSPS) is 13.0. The molecule has 2 heterocycles. The summed E-state index contributed by atoms with van der Waals surface area (Å²) < 4.78 is 5.06. The number of anilines is 2. The van der Waals surface area contributed by atoms with Crippen LogP contribution in [0.3, 0.4) is 0 Å². The summed E-state index contributed by atoms with van der Waals surface area (Å²) in [6.45, 7) is 2.46. The highest BCUT2D eigenvalue weighted by Gasteiger charge is 2.21. The van der Waals surface area contributed by atoms with Gasteiger partial charge >= 0.3 is 0 Å². The molecule has 0 aliphatic carbocycles. The number of pyridine rings is 1. The predicted molar refractivity (Wildman–Crippen MR) is 103 cm³/mol. The molecule has 1 aliphatic rings. The molecule has 0 saturated heterocycles. The van der Waals surface area contributed by atoms with Crippen molar-refractivity contribution in [2.24, 2.45) is 0 Å². The van der Waals surface area contributed by atoms with Crippen LogP contribution in [0.4, 0.5) is 11.5 Å². The Morgan fingerprint density at radius 3 is 2.76 bits per heavy atom. The van der Waals surface area contributed by atoms with Gasteiger partial charge in [-0.1, -0.05) is 35.4 Å². The first kappa shape index (κ1) is 17.9. The van der Waals surface area contributed by atoms with Crippen molar-refractivity contribution in [2.45, 2.75) is 6.54 Å². The van der Waals surface area contributed by atoms with Crippen LogP contribution in [0.1, 0.15) is 11.1 Å². The van der Waals surface area contributed by atoms with Gasteiger partial charge in [0.2, 0.25) is 0 Å². The molecule has 0 saturated carbocycles. The van der Waals surface area contributed by atoms with Gasteiger partial charge in [-0.15, -0.1) is 0 Å². The molecule has 0 radical (unpaired) electrons. The van der Waals surface area contributed by atoms with Gasteiger partial charge in [0.15, 0.2) is 5.75 Å². The summed E-state index contributed by atoms with van der Waals surface area (Å²) in [5.41, 5.74) is 2.58. The van der Waals surface area contributed by atoms with E-state index in [1.807, 2.05) is 24.3 Å². The molecule has 2 N–H and O–H groups in total. The van der Waals surface area contributed by atoms with Gasteiger partial charge in [-0.05, 0) is 23.8 Å². The minimum atomic E-state index is 0.143. The van der Waals surface area contributed by atoms with Crippen LogP contribution >= 0.6 is 23.2 Å². The average molecular weight is 380 g/mol. The van der Waals surface area contributed by atoms with Crippen molar-refractivity contribution >= 4 is 40.8 Å². The predicted octanol–water partition coefficient (Wildman–Crippen LogP) is 4.19. The van der Waals surface area contributed by atoms with Gasteiger partial charge in [-0.3, -0.25) is 0 Å². The highest BCUT2D eigenvalue weighted by molar-refractivity contribution is 6.34.